The van der Waals surface area contributed by atoms with E-state index in [4.69, 9.17) is 10.5 Å². The van der Waals surface area contributed by atoms with E-state index in [1.165, 1.54) is 30.0 Å². The summed E-state index contributed by atoms with van der Waals surface area (Å²) in [7, 11) is 7.60. The zero-order valence-corrected chi connectivity index (χ0v) is 52.2. The number of ether oxygens (including phenoxy) is 1. The van der Waals surface area contributed by atoms with Gasteiger partial charge in [0.15, 0.2) is 6.04 Å². The first-order chi connectivity index (χ1) is 40.0. The Kier molecular flexibility index (Phi) is 31.2. The van der Waals surface area contributed by atoms with E-state index in [0.29, 0.717) is 72.2 Å². The lowest BCUT2D eigenvalue weighted by molar-refractivity contribution is -0.138. The van der Waals surface area contributed by atoms with E-state index in [-0.39, 0.29) is 31.6 Å². The molecule has 2 heterocycles. The fraction of sp³-hybridized carbons (Fsp3) is 0.655. The Labute approximate surface area is 505 Å². The summed E-state index contributed by atoms with van der Waals surface area (Å²) >= 11 is 2.60. The second-order valence-corrected chi connectivity index (χ2v) is 24.6. The molecule has 0 spiro atoms. The van der Waals surface area contributed by atoms with E-state index in [1.54, 1.807) is 39.0 Å². The first-order valence-corrected chi connectivity index (χ1v) is 30.3. The van der Waals surface area contributed by atoms with E-state index in [2.05, 4.69) is 63.1 Å². The third kappa shape index (κ3) is 28.6. The zero-order valence-electron chi connectivity index (χ0n) is 50.5. The highest BCUT2D eigenvalue weighted by molar-refractivity contribution is 8.15. The number of carboxylic acids is 1. The van der Waals surface area contributed by atoms with E-state index in [9.17, 15) is 57.8 Å². The number of aromatic nitrogens is 1. The number of nitrogens with zero attached hydrogens (tertiary/aromatic N) is 4. The second-order valence-electron chi connectivity index (χ2n) is 22.5. The van der Waals surface area contributed by atoms with Crippen molar-refractivity contribution in [3.8, 4) is 0 Å². The molecule has 474 valence electrons. The predicted molar refractivity (Wildman–Crippen MR) is 324 cm³/mol. The minimum absolute atomic E-state index is 0.0916. The largest absolute Gasteiger partial charge is 0.480 e. The number of hydrogen-bond donors (Lipinski definition) is 12. The number of aliphatic carboxylic acids is 1. The SMILES string of the molecule is CC(C)CC(NC(=O)CNC(=O)C(CCCCN(C)C)NC(=O)OC(C)(C)C)C(=O)NCC(=O)NC(CCCCN(C)C)C(=O)NCC(=O)NCC(=O)NC(C)C(=O)NC(CCCCN)C(=O)Nc1ccc2nc(C3=NC(C(=O)O)CS3)sc2c1. The first kappa shape index (κ1) is 72.2. The van der Waals surface area contributed by atoms with Gasteiger partial charge in [0.1, 0.15) is 45.9 Å². The maximum atomic E-state index is 13.6. The Balaban J connectivity index is 1.53. The van der Waals surface area contributed by atoms with E-state index < -0.39 is 133 Å². The maximum Gasteiger partial charge on any atom is 0.408 e. The van der Waals surface area contributed by atoms with Crippen LogP contribution in [-0.2, 0) is 52.7 Å². The fourth-order valence-electron chi connectivity index (χ4n) is 8.20. The Morgan fingerprint density at radius 3 is 1.68 bits per heavy atom. The lowest BCUT2D eigenvalue weighted by atomic mass is 10.0. The van der Waals surface area contributed by atoms with Crippen molar-refractivity contribution in [2.24, 2.45) is 16.6 Å². The summed E-state index contributed by atoms with van der Waals surface area (Å²) in [5, 5.41) is 36.1. The van der Waals surface area contributed by atoms with Crippen LogP contribution in [0.2, 0.25) is 0 Å². The molecule has 1 aliphatic rings. The monoisotopic (exact) mass is 1230 g/mol. The van der Waals surface area contributed by atoms with Crippen molar-refractivity contribution in [1.29, 1.82) is 0 Å². The lowest BCUT2D eigenvalue weighted by Crippen LogP contribution is -2.54. The van der Waals surface area contributed by atoms with Crippen LogP contribution in [0.5, 0.6) is 0 Å². The smallest absolute Gasteiger partial charge is 0.408 e. The van der Waals surface area contributed by atoms with Gasteiger partial charge in [0.25, 0.3) is 0 Å². The second kappa shape index (κ2) is 36.7. The van der Waals surface area contributed by atoms with Crippen molar-refractivity contribution in [2.45, 2.75) is 148 Å². The molecule has 10 amide bonds. The maximum absolute atomic E-state index is 13.6. The van der Waals surface area contributed by atoms with Gasteiger partial charge in [-0.1, -0.05) is 13.8 Å². The average Bonchev–Trinajstić information content (AvgIpc) is 4.20. The number of unbranched alkanes of at least 4 members (excludes halogenated alkanes) is 3. The molecule has 28 nitrogen and oxygen atoms in total. The predicted octanol–water partition coefficient (Wildman–Crippen LogP) is 0.137. The van der Waals surface area contributed by atoms with Gasteiger partial charge < -0.3 is 78.5 Å². The van der Waals surface area contributed by atoms with Gasteiger partial charge in [-0.05, 0) is 164 Å². The van der Waals surface area contributed by atoms with E-state index in [1.807, 2.05) is 51.8 Å². The van der Waals surface area contributed by atoms with Crippen LogP contribution >= 0.6 is 23.1 Å². The molecule has 6 unspecified atom stereocenters. The van der Waals surface area contributed by atoms with Crippen molar-refractivity contribution in [2.75, 3.05) is 85.1 Å². The topological polar surface area (TPSA) is 395 Å². The third-order valence-electron chi connectivity index (χ3n) is 12.6. The minimum Gasteiger partial charge on any atom is -0.480 e. The minimum atomic E-state index is -1.15. The number of nitrogens with two attached hydrogens (primary N) is 1. The molecule has 13 N–H and O–H groups in total. The van der Waals surface area contributed by atoms with Gasteiger partial charge in [0.05, 0.1) is 36.4 Å². The standard InChI is InChI=1S/C55H89N15O13S2/c1-32(2)25-39(64-45(74)30-59-48(77)37(19-13-16-24-70(9)10)68-54(82)83-55(4,5)6)49(78)60-29-44(73)63-36(18-12-15-23-69(7)8)47(76)58-27-42(71)57-28-43(72)61-33(3)46(75)65-38(17-11-14-22-56)50(79)62-34-20-21-35-41(26-34)85-52(66-35)51-67-40(31-84-51)53(80)81/h20-21,26,32-33,36-40H,11-19,22-25,27-31,56H2,1-10H3,(H,57,71)(H,58,76)(H,59,77)(H,60,78)(H,61,72)(H,62,79)(H,63,73)(H,64,74)(H,65,75)(H,68,82)(H,80,81). The molecule has 6 atom stereocenters. The summed E-state index contributed by atoms with van der Waals surface area (Å²) in [4.78, 5) is 156. The molecule has 0 saturated heterocycles. The molecule has 0 radical (unpaired) electrons. The summed E-state index contributed by atoms with van der Waals surface area (Å²) in [5.74, 6) is -6.99. The average molecular weight is 1230 g/mol. The number of thioether (sulfide) groups is 1. The summed E-state index contributed by atoms with van der Waals surface area (Å²) in [5.41, 5.74) is 5.93. The number of thiazole rings is 1. The Bertz CT molecular complexity index is 2650. The molecule has 3 rings (SSSR count). The van der Waals surface area contributed by atoms with Crippen LogP contribution in [0.4, 0.5) is 10.5 Å². The number of carbonyl (C=O) groups is 11. The molecule has 0 bridgehead atoms. The number of carbonyl (C=O) groups excluding carboxylic acids is 10. The number of rotatable bonds is 37. The normalized spacial score (nSPS) is 14.9. The number of aliphatic imine (C=N–C) groups is 1. The number of nitrogens with one attached hydrogen (secondary N) is 10. The number of carboxylic acid groups (broad SMARTS) is 1. The van der Waals surface area contributed by atoms with Crippen LogP contribution in [0.15, 0.2) is 23.2 Å². The van der Waals surface area contributed by atoms with Gasteiger partial charge >= 0.3 is 12.1 Å². The van der Waals surface area contributed by atoms with Crippen LogP contribution < -0.4 is 58.9 Å². The highest BCUT2D eigenvalue weighted by Gasteiger charge is 2.30. The van der Waals surface area contributed by atoms with Gasteiger partial charge in [-0.25, -0.2) is 14.6 Å². The summed E-state index contributed by atoms with van der Waals surface area (Å²) < 4.78 is 6.05. The molecule has 1 aromatic carbocycles. The summed E-state index contributed by atoms with van der Waals surface area (Å²) in [6, 6.07) is -1.19. The molecule has 30 heteroatoms. The number of anilines is 1. The molecule has 1 aromatic heterocycles. The van der Waals surface area contributed by atoms with Gasteiger partial charge in [0.2, 0.25) is 53.2 Å². The van der Waals surface area contributed by atoms with Crippen LogP contribution in [0.1, 0.15) is 111 Å². The van der Waals surface area contributed by atoms with E-state index in [0.717, 1.165) is 17.7 Å². The lowest BCUT2D eigenvalue weighted by Gasteiger charge is -2.24. The molecule has 0 aliphatic carbocycles. The third-order valence-corrected chi connectivity index (χ3v) is 14.8. The number of benzene rings is 1. The fourth-order valence-corrected chi connectivity index (χ4v) is 10.3. The number of alkyl carbamates (subject to hydrolysis) is 1. The molecule has 0 fully saturated rings. The van der Waals surface area contributed by atoms with Crippen molar-refractivity contribution in [1.82, 2.24) is 62.6 Å². The van der Waals surface area contributed by atoms with Crippen LogP contribution in [0.25, 0.3) is 10.2 Å². The highest BCUT2D eigenvalue weighted by Crippen LogP contribution is 2.31. The van der Waals surface area contributed by atoms with Gasteiger partial charge in [-0.15, -0.1) is 23.1 Å². The van der Waals surface area contributed by atoms with Crippen molar-refractivity contribution >= 4 is 109 Å². The summed E-state index contributed by atoms with van der Waals surface area (Å²) in [6.07, 6.45) is 3.64. The van der Waals surface area contributed by atoms with Crippen molar-refractivity contribution in [3.05, 3.63) is 23.2 Å². The molecule has 2 aromatic rings. The number of amides is 10. The molecule has 1 aliphatic heterocycles. The first-order valence-electron chi connectivity index (χ1n) is 28.5. The van der Waals surface area contributed by atoms with Crippen LogP contribution in [0, 0.1) is 5.92 Å². The van der Waals surface area contributed by atoms with Gasteiger partial charge in [0, 0.05) is 11.4 Å². The molecule has 85 heavy (non-hydrogen) atoms. The van der Waals surface area contributed by atoms with Crippen LogP contribution in [0.3, 0.4) is 0 Å². The van der Waals surface area contributed by atoms with Crippen LogP contribution in [-0.4, -0.2) is 212 Å². The van der Waals surface area contributed by atoms with Gasteiger partial charge in [-0.2, -0.15) is 0 Å². The van der Waals surface area contributed by atoms with Crippen molar-refractivity contribution < 1.29 is 62.6 Å². The van der Waals surface area contributed by atoms with Crippen molar-refractivity contribution in [3.63, 3.8) is 0 Å². The molecular weight excluding hydrogens is 1140 g/mol. The zero-order chi connectivity index (χ0) is 63.4. The molecule has 0 saturated carbocycles. The molecular formula is C55H89N15O13S2. The highest BCUT2D eigenvalue weighted by atomic mass is 32.2. The quantitative estimate of drug-likeness (QED) is 0.0400. The Morgan fingerprint density at radius 2 is 1.15 bits per heavy atom. The Morgan fingerprint density at radius 1 is 0.647 bits per heavy atom. The Hall–Kier alpha value is -7.02. The number of hydrogen-bond acceptors (Lipinski definition) is 19. The van der Waals surface area contributed by atoms with E-state index >= 15 is 0 Å². The number of fused-ring (bicyclic) bond motifs is 1. The summed E-state index contributed by atoms with van der Waals surface area (Å²) in [6.45, 7) is 9.67. The van der Waals surface area contributed by atoms with Gasteiger partial charge in [-0.3, -0.25) is 48.1 Å².